The molecule has 5 heteroatoms. The number of aromatic nitrogens is 2. The molecule has 94 valence electrons. The number of hydrogen-bond donors (Lipinski definition) is 1. The van der Waals surface area contributed by atoms with Crippen LogP contribution in [0, 0.1) is 0 Å². The van der Waals surface area contributed by atoms with Crippen LogP contribution in [0.3, 0.4) is 0 Å². The first-order valence-corrected chi connectivity index (χ1v) is 6.91. The third kappa shape index (κ3) is 2.68. The average molecular weight is 261 g/mol. The Morgan fingerprint density at radius 1 is 1.44 bits per heavy atom. The van der Waals surface area contributed by atoms with Crippen molar-refractivity contribution in [1.29, 1.82) is 0 Å². The van der Waals surface area contributed by atoms with Gasteiger partial charge < -0.3 is 10.1 Å². The molecule has 18 heavy (non-hydrogen) atoms. The van der Waals surface area contributed by atoms with Gasteiger partial charge >= 0.3 is 0 Å². The largest absolute Gasteiger partial charge is 0.481 e. The predicted octanol–water partition coefficient (Wildman–Crippen LogP) is 2.47. The van der Waals surface area contributed by atoms with Crippen molar-refractivity contribution < 1.29 is 4.74 Å². The lowest BCUT2D eigenvalue weighted by Gasteiger charge is -1.99. The molecule has 2 aromatic heterocycles. The van der Waals surface area contributed by atoms with Crippen LogP contribution in [0.25, 0.3) is 10.6 Å². The Morgan fingerprint density at radius 3 is 3.00 bits per heavy atom. The Labute approximate surface area is 110 Å². The van der Waals surface area contributed by atoms with E-state index in [-0.39, 0.29) is 0 Å². The Morgan fingerprint density at radius 2 is 2.33 bits per heavy atom. The highest BCUT2D eigenvalue weighted by Crippen LogP contribution is 2.25. The summed E-state index contributed by atoms with van der Waals surface area (Å²) < 4.78 is 5.04. The van der Waals surface area contributed by atoms with Gasteiger partial charge in [-0.25, -0.2) is 9.97 Å². The molecule has 0 bridgehead atoms. The summed E-state index contributed by atoms with van der Waals surface area (Å²) in [5.74, 6) is 0.630. The maximum Gasteiger partial charge on any atom is 0.212 e. The molecule has 2 aromatic rings. The van der Waals surface area contributed by atoms with Crippen molar-refractivity contribution in [2.75, 3.05) is 7.11 Å². The van der Waals surface area contributed by atoms with E-state index in [9.17, 15) is 0 Å². The molecule has 4 nitrogen and oxygen atoms in total. The second kappa shape index (κ2) is 5.04. The van der Waals surface area contributed by atoms with E-state index in [0.29, 0.717) is 5.88 Å². The molecule has 0 spiro atoms. The van der Waals surface area contributed by atoms with Gasteiger partial charge in [0.1, 0.15) is 5.01 Å². The van der Waals surface area contributed by atoms with Crippen LogP contribution in [0.1, 0.15) is 18.5 Å². The van der Waals surface area contributed by atoms with Gasteiger partial charge in [-0.1, -0.05) is 0 Å². The molecule has 0 unspecified atom stereocenters. The zero-order valence-corrected chi connectivity index (χ0v) is 11.0. The van der Waals surface area contributed by atoms with Crippen LogP contribution < -0.4 is 10.1 Å². The fourth-order valence-corrected chi connectivity index (χ4v) is 2.50. The fourth-order valence-electron chi connectivity index (χ4n) is 1.68. The van der Waals surface area contributed by atoms with Crippen molar-refractivity contribution in [3.05, 3.63) is 29.4 Å². The summed E-state index contributed by atoms with van der Waals surface area (Å²) in [5.41, 5.74) is 2.15. The van der Waals surface area contributed by atoms with Gasteiger partial charge in [0.15, 0.2) is 0 Å². The Balaban J connectivity index is 1.70. The van der Waals surface area contributed by atoms with Crippen molar-refractivity contribution in [2.24, 2.45) is 0 Å². The summed E-state index contributed by atoms with van der Waals surface area (Å²) in [6.45, 7) is 0.866. The van der Waals surface area contributed by atoms with Gasteiger partial charge in [-0.05, 0) is 18.9 Å². The quantitative estimate of drug-likeness (QED) is 0.898. The van der Waals surface area contributed by atoms with Gasteiger partial charge in [0.05, 0.1) is 12.8 Å². The molecule has 1 N–H and O–H groups in total. The van der Waals surface area contributed by atoms with E-state index in [4.69, 9.17) is 4.74 Å². The van der Waals surface area contributed by atoms with E-state index >= 15 is 0 Å². The molecule has 1 fully saturated rings. The van der Waals surface area contributed by atoms with E-state index in [1.54, 1.807) is 24.6 Å². The first kappa shape index (κ1) is 11.6. The predicted molar refractivity (Wildman–Crippen MR) is 71.8 cm³/mol. The monoisotopic (exact) mass is 261 g/mol. The maximum absolute atomic E-state index is 5.04. The van der Waals surface area contributed by atoms with Crippen LogP contribution in [0.2, 0.25) is 0 Å². The van der Waals surface area contributed by atoms with Gasteiger partial charge in [0.2, 0.25) is 5.88 Å². The Bertz CT molecular complexity index is 519. The zero-order chi connectivity index (χ0) is 12.4. The molecule has 1 aliphatic rings. The first-order valence-electron chi connectivity index (χ1n) is 6.03. The molecular formula is C13H15N3OS. The van der Waals surface area contributed by atoms with Crippen LogP contribution in [-0.2, 0) is 6.54 Å². The van der Waals surface area contributed by atoms with Gasteiger partial charge in [0.25, 0.3) is 0 Å². The number of ether oxygens (including phenoxy) is 1. The van der Waals surface area contributed by atoms with Crippen molar-refractivity contribution in [2.45, 2.75) is 25.4 Å². The van der Waals surface area contributed by atoms with Crippen molar-refractivity contribution in [3.63, 3.8) is 0 Å². The highest BCUT2D eigenvalue weighted by Gasteiger charge is 2.20. The highest BCUT2D eigenvalue weighted by molar-refractivity contribution is 7.13. The molecule has 2 heterocycles. The molecule has 0 aromatic carbocycles. The number of methoxy groups -OCH3 is 1. The van der Waals surface area contributed by atoms with E-state index < -0.39 is 0 Å². The van der Waals surface area contributed by atoms with Gasteiger partial charge in [-0.3, -0.25) is 0 Å². The first-order chi connectivity index (χ1) is 8.85. The average Bonchev–Trinajstić information content (AvgIpc) is 3.14. The number of nitrogens with one attached hydrogen (secondary N) is 1. The SMILES string of the molecule is COc1ccc(-c2nc(CNC3CC3)cs2)cn1. The number of thiazole rings is 1. The third-order valence-electron chi connectivity index (χ3n) is 2.89. The normalized spacial score (nSPS) is 14.7. The Hall–Kier alpha value is -1.46. The summed E-state index contributed by atoms with van der Waals surface area (Å²) in [7, 11) is 1.62. The van der Waals surface area contributed by atoms with E-state index in [1.165, 1.54) is 12.8 Å². The minimum atomic E-state index is 0.630. The molecule has 3 rings (SSSR count). The lowest BCUT2D eigenvalue weighted by molar-refractivity contribution is 0.398. The lowest BCUT2D eigenvalue weighted by atomic mass is 10.3. The van der Waals surface area contributed by atoms with Crippen LogP contribution in [-0.4, -0.2) is 23.1 Å². The standard InChI is InChI=1S/C13H15N3OS/c1-17-12-5-2-9(6-15-12)13-16-11(8-18-13)7-14-10-3-4-10/h2,5-6,8,10,14H,3-4,7H2,1H3. The molecule has 0 aliphatic heterocycles. The summed E-state index contributed by atoms with van der Waals surface area (Å²) in [4.78, 5) is 8.81. The van der Waals surface area contributed by atoms with Crippen molar-refractivity contribution >= 4 is 11.3 Å². The number of pyridine rings is 1. The molecule has 0 radical (unpaired) electrons. The summed E-state index contributed by atoms with van der Waals surface area (Å²) in [6, 6.07) is 4.57. The minimum Gasteiger partial charge on any atom is -0.481 e. The molecule has 1 aliphatic carbocycles. The van der Waals surface area contributed by atoms with Crippen LogP contribution in [0.5, 0.6) is 5.88 Å². The minimum absolute atomic E-state index is 0.630. The van der Waals surface area contributed by atoms with Crippen molar-refractivity contribution in [3.8, 4) is 16.5 Å². The van der Waals surface area contributed by atoms with Crippen molar-refractivity contribution in [1.82, 2.24) is 15.3 Å². The highest BCUT2D eigenvalue weighted by atomic mass is 32.1. The maximum atomic E-state index is 5.04. The second-order valence-corrected chi connectivity index (χ2v) is 5.25. The third-order valence-corrected chi connectivity index (χ3v) is 3.83. The van der Waals surface area contributed by atoms with Crippen LogP contribution >= 0.6 is 11.3 Å². The number of nitrogens with zero attached hydrogens (tertiary/aromatic N) is 2. The molecular weight excluding hydrogens is 246 g/mol. The van der Waals surface area contributed by atoms with Crippen LogP contribution in [0.15, 0.2) is 23.7 Å². The number of rotatable bonds is 5. The Kier molecular flexibility index (Phi) is 3.25. The van der Waals surface area contributed by atoms with Crippen LogP contribution in [0.4, 0.5) is 0 Å². The summed E-state index contributed by atoms with van der Waals surface area (Å²) in [6.07, 6.45) is 4.41. The lowest BCUT2D eigenvalue weighted by Crippen LogP contribution is -2.15. The van der Waals surface area contributed by atoms with Gasteiger partial charge in [0, 0.05) is 35.8 Å². The topological polar surface area (TPSA) is 47.0 Å². The molecule has 0 atom stereocenters. The van der Waals surface area contributed by atoms with Gasteiger partial charge in [-0.2, -0.15) is 0 Å². The summed E-state index contributed by atoms with van der Waals surface area (Å²) in [5, 5.41) is 6.58. The smallest absolute Gasteiger partial charge is 0.212 e. The van der Waals surface area contributed by atoms with E-state index in [2.05, 4.69) is 20.7 Å². The van der Waals surface area contributed by atoms with E-state index in [1.807, 2.05) is 12.1 Å². The van der Waals surface area contributed by atoms with E-state index in [0.717, 1.165) is 28.9 Å². The molecule has 0 saturated heterocycles. The number of hydrogen-bond acceptors (Lipinski definition) is 5. The second-order valence-electron chi connectivity index (χ2n) is 4.39. The fraction of sp³-hybridized carbons (Fsp3) is 0.385. The molecule has 1 saturated carbocycles. The molecule has 0 amide bonds. The summed E-state index contributed by atoms with van der Waals surface area (Å²) >= 11 is 1.66. The van der Waals surface area contributed by atoms with Gasteiger partial charge in [-0.15, -0.1) is 11.3 Å². The zero-order valence-electron chi connectivity index (χ0n) is 10.2.